The minimum Gasteiger partial charge on any atom is -0.507 e. The lowest BCUT2D eigenvalue weighted by atomic mass is 9.95. The molecule has 1 saturated heterocycles. The molecule has 1 atom stereocenters. The second-order valence-electron chi connectivity index (χ2n) is 7.94. The van der Waals surface area contributed by atoms with Crippen molar-refractivity contribution < 1.29 is 29.0 Å². The summed E-state index contributed by atoms with van der Waals surface area (Å²) in [7, 11) is 5.08. The minimum absolute atomic E-state index is 0.124. The van der Waals surface area contributed by atoms with Gasteiger partial charge in [0.1, 0.15) is 11.5 Å². The van der Waals surface area contributed by atoms with Crippen LogP contribution in [0.25, 0.3) is 5.76 Å². The van der Waals surface area contributed by atoms with Crippen LogP contribution in [0, 0.1) is 0 Å². The third-order valence-electron chi connectivity index (χ3n) is 5.24. The molecule has 1 heterocycles. The number of likely N-dealkylation sites (tertiary alicyclic amines) is 1. The molecular formula is C24H24Cl2N2O6. The average molecular weight is 507 g/mol. The van der Waals surface area contributed by atoms with E-state index in [0.717, 1.165) is 0 Å². The van der Waals surface area contributed by atoms with Gasteiger partial charge in [-0.1, -0.05) is 35.3 Å². The van der Waals surface area contributed by atoms with Gasteiger partial charge >= 0.3 is 5.97 Å². The second-order valence-corrected chi connectivity index (χ2v) is 8.75. The molecule has 2 aromatic carbocycles. The predicted molar refractivity (Wildman–Crippen MR) is 128 cm³/mol. The Morgan fingerprint density at radius 3 is 2.35 bits per heavy atom. The van der Waals surface area contributed by atoms with E-state index >= 15 is 0 Å². The smallest absolute Gasteiger partial charge is 0.308 e. The molecular weight excluding hydrogens is 483 g/mol. The normalized spacial score (nSPS) is 17.4. The maximum absolute atomic E-state index is 13.1. The molecule has 1 aliphatic rings. The molecule has 0 saturated carbocycles. The molecule has 0 aromatic heterocycles. The minimum atomic E-state index is -0.921. The largest absolute Gasteiger partial charge is 0.507 e. The number of nitrogens with zero attached hydrogens (tertiary/aromatic N) is 2. The van der Waals surface area contributed by atoms with Crippen molar-refractivity contribution >= 4 is 46.6 Å². The number of likely N-dealkylation sites (N-methyl/N-ethyl adjacent to an activating group) is 1. The number of methoxy groups -OCH3 is 1. The molecule has 34 heavy (non-hydrogen) atoms. The summed E-state index contributed by atoms with van der Waals surface area (Å²) in [5, 5.41) is 11.5. The first kappa shape index (κ1) is 25.6. The highest BCUT2D eigenvalue weighted by Crippen LogP contribution is 2.42. The van der Waals surface area contributed by atoms with Crippen LogP contribution in [-0.2, 0) is 14.4 Å². The summed E-state index contributed by atoms with van der Waals surface area (Å²) in [6.07, 6.45) is 0. The number of rotatable bonds is 7. The lowest BCUT2D eigenvalue weighted by Crippen LogP contribution is -2.35. The summed E-state index contributed by atoms with van der Waals surface area (Å²) in [4.78, 5) is 40.8. The number of halogens is 2. The predicted octanol–water partition coefficient (Wildman–Crippen LogP) is 3.91. The van der Waals surface area contributed by atoms with E-state index in [1.54, 1.807) is 24.3 Å². The highest BCUT2D eigenvalue weighted by Gasteiger charge is 2.46. The van der Waals surface area contributed by atoms with Crippen LogP contribution in [-0.4, -0.2) is 66.9 Å². The lowest BCUT2D eigenvalue weighted by Gasteiger charge is -2.26. The Morgan fingerprint density at radius 1 is 1.15 bits per heavy atom. The number of hydrogen-bond acceptors (Lipinski definition) is 7. The van der Waals surface area contributed by atoms with Gasteiger partial charge in [-0.15, -0.1) is 0 Å². The Morgan fingerprint density at radius 2 is 1.79 bits per heavy atom. The van der Waals surface area contributed by atoms with E-state index in [-0.39, 0.29) is 39.2 Å². The Kier molecular flexibility index (Phi) is 7.86. The molecule has 10 heteroatoms. The van der Waals surface area contributed by atoms with Crippen molar-refractivity contribution in [2.24, 2.45) is 0 Å². The van der Waals surface area contributed by atoms with E-state index in [2.05, 4.69) is 0 Å². The summed E-state index contributed by atoms with van der Waals surface area (Å²) in [6.45, 7) is 1.97. The number of carbonyl (C=O) groups excluding carboxylic acids is 3. The Hall–Kier alpha value is -3.07. The third kappa shape index (κ3) is 5.19. The highest BCUT2D eigenvalue weighted by atomic mass is 35.5. The van der Waals surface area contributed by atoms with Gasteiger partial charge in [0.05, 0.1) is 28.8 Å². The number of aliphatic hydroxyl groups is 1. The van der Waals surface area contributed by atoms with E-state index < -0.39 is 29.5 Å². The summed E-state index contributed by atoms with van der Waals surface area (Å²) in [6, 6.07) is 8.35. The van der Waals surface area contributed by atoms with Gasteiger partial charge in [-0.3, -0.25) is 14.4 Å². The van der Waals surface area contributed by atoms with Crippen LogP contribution in [0.4, 0.5) is 0 Å². The van der Waals surface area contributed by atoms with Crippen molar-refractivity contribution in [3.63, 3.8) is 0 Å². The van der Waals surface area contributed by atoms with Crippen LogP contribution in [0.2, 0.25) is 10.0 Å². The fourth-order valence-electron chi connectivity index (χ4n) is 3.73. The molecule has 0 radical (unpaired) electrons. The molecule has 0 aliphatic carbocycles. The van der Waals surface area contributed by atoms with Crippen LogP contribution >= 0.6 is 23.2 Å². The fraction of sp³-hybridized carbons (Fsp3) is 0.292. The van der Waals surface area contributed by atoms with E-state index in [1.165, 1.54) is 31.1 Å². The first-order chi connectivity index (χ1) is 16.0. The zero-order chi connectivity index (χ0) is 25.2. The van der Waals surface area contributed by atoms with Crippen molar-refractivity contribution in [3.05, 3.63) is 63.1 Å². The molecule has 0 bridgehead atoms. The molecule has 180 valence electrons. The third-order valence-corrected chi connectivity index (χ3v) is 5.80. The topological polar surface area (TPSA) is 96.4 Å². The highest BCUT2D eigenvalue weighted by molar-refractivity contribution is 6.46. The SMILES string of the molecule is COc1c(Cl)cc(/C(O)=C2\C(=O)C(=O)N(CCN(C)C)C2c2cccc(OC(C)=O)c2)cc1Cl. The number of amides is 1. The Balaban J connectivity index is 2.20. The van der Waals surface area contributed by atoms with Gasteiger partial charge in [0, 0.05) is 25.6 Å². The standard InChI is InChI=1S/C24H24Cl2N2O6/c1-13(29)34-16-7-5-6-14(10-16)20-19(22(31)24(32)28(20)9-8-27(2)3)21(30)15-11-17(25)23(33-4)18(26)12-15/h5-7,10-12,20,30H,8-9H2,1-4H3/b21-19+. The summed E-state index contributed by atoms with van der Waals surface area (Å²) in [5.41, 5.74) is 0.521. The summed E-state index contributed by atoms with van der Waals surface area (Å²) < 4.78 is 10.3. The summed E-state index contributed by atoms with van der Waals surface area (Å²) >= 11 is 12.5. The molecule has 1 N–H and O–H groups in total. The van der Waals surface area contributed by atoms with Crippen LogP contribution in [0.5, 0.6) is 11.5 Å². The quantitative estimate of drug-likeness (QED) is 0.200. The average Bonchev–Trinajstić information content (AvgIpc) is 3.01. The van der Waals surface area contributed by atoms with Gasteiger partial charge in [-0.25, -0.2) is 0 Å². The number of ketones is 1. The van der Waals surface area contributed by atoms with Gasteiger partial charge in [0.25, 0.3) is 11.7 Å². The molecule has 1 unspecified atom stereocenters. The monoisotopic (exact) mass is 506 g/mol. The Labute approximate surface area is 207 Å². The Bertz CT molecular complexity index is 1150. The number of ether oxygens (including phenoxy) is 2. The van der Waals surface area contributed by atoms with E-state index in [4.69, 9.17) is 32.7 Å². The number of carbonyl (C=O) groups is 3. The molecule has 3 rings (SSSR count). The van der Waals surface area contributed by atoms with Gasteiger partial charge in [-0.05, 0) is 43.9 Å². The number of Topliss-reactive ketones (excluding diaryl/α,β-unsaturated/α-hetero) is 1. The summed E-state index contributed by atoms with van der Waals surface area (Å²) in [5.74, 6) is -2.07. The van der Waals surface area contributed by atoms with Gasteiger partial charge < -0.3 is 24.4 Å². The molecule has 1 aliphatic heterocycles. The van der Waals surface area contributed by atoms with E-state index in [0.29, 0.717) is 12.1 Å². The number of hydrogen-bond donors (Lipinski definition) is 1. The first-order valence-electron chi connectivity index (χ1n) is 10.3. The lowest BCUT2D eigenvalue weighted by molar-refractivity contribution is -0.140. The van der Waals surface area contributed by atoms with Gasteiger partial charge in [0.2, 0.25) is 0 Å². The van der Waals surface area contributed by atoms with Crippen molar-refractivity contribution in [1.82, 2.24) is 9.80 Å². The van der Waals surface area contributed by atoms with Gasteiger partial charge in [0.15, 0.2) is 5.75 Å². The van der Waals surface area contributed by atoms with Crippen LogP contribution in [0.1, 0.15) is 24.1 Å². The van der Waals surface area contributed by atoms with Crippen molar-refractivity contribution in [1.29, 1.82) is 0 Å². The van der Waals surface area contributed by atoms with Crippen molar-refractivity contribution in [2.75, 3.05) is 34.3 Å². The maximum Gasteiger partial charge on any atom is 0.308 e. The molecule has 0 spiro atoms. The van der Waals surface area contributed by atoms with E-state index in [1.807, 2.05) is 19.0 Å². The molecule has 8 nitrogen and oxygen atoms in total. The van der Waals surface area contributed by atoms with Crippen LogP contribution in [0.15, 0.2) is 42.0 Å². The maximum atomic E-state index is 13.1. The first-order valence-corrected chi connectivity index (χ1v) is 11.1. The number of benzene rings is 2. The molecule has 1 fully saturated rings. The second kappa shape index (κ2) is 10.5. The van der Waals surface area contributed by atoms with E-state index in [9.17, 15) is 19.5 Å². The number of aliphatic hydroxyl groups excluding tert-OH is 1. The molecule has 2 aromatic rings. The van der Waals surface area contributed by atoms with Gasteiger partial charge in [-0.2, -0.15) is 0 Å². The van der Waals surface area contributed by atoms with Crippen LogP contribution in [0.3, 0.4) is 0 Å². The fourth-order valence-corrected chi connectivity index (χ4v) is 4.37. The van der Waals surface area contributed by atoms with Crippen molar-refractivity contribution in [3.8, 4) is 11.5 Å². The zero-order valence-corrected chi connectivity index (χ0v) is 20.6. The molecule has 1 amide bonds. The zero-order valence-electron chi connectivity index (χ0n) is 19.1. The van der Waals surface area contributed by atoms with Crippen molar-refractivity contribution in [2.45, 2.75) is 13.0 Å². The number of esters is 1. The van der Waals surface area contributed by atoms with Crippen LogP contribution < -0.4 is 9.47 Å².